The Kier molecular flexibility index (Phi) is 4.97. The number of rotatable bonds is 5. The Bertz CT molecular complexity index is 666. The van der Waals surface area contributed by atoms with Gasteiger partial charge in [0.25, 0.3) is 0 Å². The van der Waals surface area contributed by atoms with Crippen molar-refractivity contribution >= 4 is 5.97 Å². The standard InChI is InChI=1S/C18H21F3O3/c1-6-7-11-12(18(11,3)4)17(22)24-8-10-9(2)13(19)16(23-5)15(21)14(10)20/h6-7,11-12H,8H2,1-5H3/b7-6-/t11-,12+/m1/s1. The molecule has 1 aromatic carbocycles. The molecular weight excluding hydrogens is 321 g/mol. The summed E-state index contributed by atoms with van der Waals surface area (Å²) in [5, 5.41) is 0. The van der Waals surface area contributed by atoms with Crippen LogP contribution in [0.1, 0.15) is 31.9 Å². The highest BCUT2D eigenvalue weighted by Gasteiger charge is 2.61. The van der Waals surface area contributed by atoms with Gasteiger partial charge in [0.05, 0.1) is 13.0 Å². The zero-order chi connectivity index (χ0) is 18.2. The largest absolute Gasteiger partial charge is 0.491 e. The first-order valence-corrected chi connectivity index (χ1v) is 7.67. The van der Waals surface area contributed by atoms with Crippen LogP contribution in [0.5, 0.6) is 5.75 Å². The second-order valence-electron chi connectivity index (χ2n) is 6.54. The summed E-state index contributed by atoms with van der Waals surface area (Å²) in [6, 6.07) is 0. The van der Waals surface area contributed by atoms with Crippen LogP contribution >= 0.6 is 0 Å². The second-order valence-corrected chi connectivity index (χ2v) is 6.54. The first kappa shape index (κ1) is 18.4. The lowest BCUT2D eigenvalue weighted by Gasteiger charge is -2.13. The molecule has 3 nitrogen and oxygen atoms in total. The third kappa shape index (κ3) is 2.89. The molecule has 1 fully saturated rings. The van der Waals surface area contributed by atoms with E-state index in [9.17, 15) is 18.0 Å². The first-order valence-electron chi connectivity index (χ1n) is 7.67. The molecule has 2 rings (SSSR count). The average Bonchev–Trinajstić information content (AvgIpc) is 3.07. The molecule has 6 heteroatoms. The lowest BCUT2D eigenvalue weighted by atomic mass is 10.1. The van der Waals surface area contributed by atoms with E-state index in [1.807, 2.05) is 32.9 Å². The molecule has 0 saturated heterocycles. The van der Waals surface area contributed by atoms with Gasteiger partial charge in [-0.15, -0.1) is 0 Å². The van der Waals surface area contributed by atoms with Crippen molar-refractivity contribution < 1.29 is 27.4 Å². The summed E-state index contributed by atoms with van der Waals surface area (Å²) < 4.78 is 51.5. The van der Waals surface area contributed by atoms with E-state index in [4.69, 9.17) is 4.74 Å². The fourth-order valence-electron chi connectivity index (χ4n) is 3.07. The second kappa shape index (κ2) is 6.49. The molecule has 0 spiro atoms. The Hall–Kier alpha value is -1.98. The van der Waals surface area contributed by atoms with Crippen molar-refractivity contribution in [2.45, 2.75) is 34.3 Å². The van der Waals surface area contributed by atoms with E-state index >= 15 is 0 Å². The number of benzene rings is 1. The quantitative estimate of drug-likeness (QED) is 0.454. The molecule has 0 aliphatic heterocycles. The monoisotopic (exact) mass is 342 g/mol. The van der Waals surface area contributed by atoms with Gasteiger partial charge in [-0.05, 0) is 30.7 Å². The van der Waals surface area contributed by atoms with Gasteiger partial charge in [0.15, 0.2) is 17.4 Å². The van der Waals surface area contributed by atoms with E-state index in [0.29, 0.717) is 0 Å². The molecule has 0 amide bonds. The van der Waals surface area contributed by atoms with Gasteiger partial charge in [-0.1, -0.05) is 26.0 Å². The van der Waals surface area contributed by atoms with Crippen LogP contribution in [0.25, 0.3) is 0 Å². The smallest absolute Gasteiger partial charge is 0.310 e. The Balaban J connectivity index is 2.18. The third-order valence-electron chi connectivity index (χ3n) is 4.77. The van der Waals surface area contributed by atoms with Crippen LogP contribution < -0.4 is 4.74 Å². The van der Waals surface area contributed by atoms with Crippen LogP contribution in [-0.4, -0.2) is 13.1 Å². The normalized spacial score (nSPS) is 21.8. The minimum Gasteiger partial charge on any atom is -0.491 e. The predicted octanol–water partition coefficient (Wildman–Crippen LogP) is 4.31. The Morgan fingerprint density at radius 2 is 1.83 bits per heavy atom. The predicted molar refractivity (Wildman–Crippen MR) is 83.0 cm³/mol. The van der Waals surface area contributed by atoms with Gasteiger partial charge in [-0.3, -0.25) is 4.79 Å². The van der Waals surface area contributed by atoms with Gasteiger partial charge in [0.2, 0.25) is 5.82 Å². The number of allylic oxidation sites excluding steroid dienone is 2. The fourth-order valence-corrected chi connectivity index (χ4v) is 3.07. The SMILES string of the molecule is C/C=C\[C@@H]1[C@@H](C(=O)OCc2c(C)c(F)c(OC)c(F)c2F)C1(C)C. The van der Waals surface area contributed by atoms with Crippen LogP contribution in [0, 0.1) is 41.6 Å². The number of halogens is 3. The van der Waals surface area contributed by atoms with Crippen molar-refractivity contribution in [3.63, 3.8) is 0 Å². The molecule has 1 aliphatic rings. The zero-order valence-electron chi connectivity index (χ0n) is 14.4. The Morgan fingerprint density at radius 3 is 2.38 bits per heavy atom. The lowest BCUT2D eigenvalue weighted by molar-refractivity contribution is -0.147. The van der Waals surface area contributed by atoms with Crippen molar-refractivity contribution in [3.05, 3.63) is 40.7 Å². The summed E-state index contributed by atoms with van der Waals surface area (Å²) in [5.74, 6) is -5.27. The molecule has 0 heterocycles. The van der Waals surface area contributed by atoms with Gasteiger partial charge >= 0.3 is 5.97 Å². The summed E-state index contributed by atoms with van der Waals surface area (Å²) in [5.41, 5.74) is -0.702. The van der Waals surface area contributed by atoms with Crippen LogP contribution in [-0.2, 0) is 16.1 Å². The van der Waals surface area contributed by atoms with Crippen molar-refractivity contribution in [2.24, 2.45) is 17.3 Å². The van der Waals surface area contributed by atoms with Gasteiger partial charge in [-0.25, -0.2) is 8.78 Å². The first-order chi connectivity index (χ1) is 11.2. The summed E-state index contributed by atoms with van der Waals surface area (Å²) in [4.78, 5) is 12.2. The summed E-state index contributed by atoms with van der Waals surface area (Å²) in [6.45, 7) is 6.49. The van der Waals surface area contributed by atoms with Crippen LogP contribution in [0.2, 0.25) is 0 Å². The molecule has 0 unspecified atom stereocenters. The maximum absolute atomic E-state index is 14.1. The van der Waals surface area contributed by atoms with Crippen LogP contribution in [0.15, 0.2) is 12.2 Å². The molecule has 0 aromatic heterocycles. The van der Waals surface area contributed by atoms with E-state index in [0.717, 1.165) is 7.11 Å². The minimum absolute atomic E-state index is 0.0466. The highest BCUT2D eigenvalue weighted by Crippen LogP contribution is 2.59. The van der Waals surface area contributed by atoms with Crippen molar-refractivity contribution in [1.29, 1.82) is 0 Å². The highest BCUT2D eigenvalue weighted by atomic mass is 19.2. The molecule has 1 aliphatic carbocycles. The van der Waals surface area contributed by atoms with Crippen molar-refractivity contribution in [2.75, 3.05) is 7.11 Å². The fraction of sp³-hybridized carbons (Fsp3) is 0.500. The molecule has 0 bridgehead atoms. The van der Waals surface area contributed by atoms with Gasteiger partial charge in [-0.2, -0.15) is 4.39 Å². The number of carbonyl (C=O) groups is 1. The molecule has 0 N–H and O–H groups in total. The van der Waals surface area contributed by atoms with Crippen molar-refractivity contribution in [1.82, 2.24) is 0 Å². The summed E-state index contributed by atoms with van der Waals surface area (Å²) in [7, 11) is 1.05. The molecule has 0 radical (unpaired) electrons. The maximum atomic E-state index is 14.1. The van der Waals surface area contributed by atoms with Gasteiger partial charge < -0.3 is 9.47 Å². The van der Waals surface area contributed by atoms with E-state index in [2.05, 4.69) is 4.74 Å². The van der Waals surface area contributed by atoms with E-state index in [-0.39, 0.29) is 28.4 Å². The van der Waals surface area contributed by atoms with E-state index in [1.165, 1.54) is 6.92 Å². The van der Waals surface area contributed by atoms with E-state index < -0.39 is 35.8 Å². The Morgan fingerprint density at radius 1 is 1.21 bits per heavy atom. The topological polar surface area (TPSA) is 35.5 Å². The lowest BCUT2D eigenvalue weighted by Crippen LogP contribution is -2.13. The Labute approximate surface area is 139 Å². The summed E-state index contributed by atoms with van der Waals surface area (Å²) in [6.07, 6.45) is 3.78. The van der Waals surface area contributed by atoms with Crippen molar-refractivity contribution in [3.8, 4) is 5.75 Å². The van der Waals surface area contributed by atoms with Gasteiger partial charge in [0, 0.05) is 5.56 Å². The number of carbonyl (C=O) groups excluding carboxylic acids is 1. The summed E-state index contributed by atoms with van der Waals surface area (Å²) >= 11 is 0. The third-order valence-corrected chi connectivity index (χ3v) is 4.77. The van der Waals surface area contributed by atoms with Gasteiger partial charge in [0.1, 0.15) is 6.61 Å². The molecule has 24 heavy (non-hydrogen) atoms. The van der Waals surface area contributed by atoms with E-state index in [1.54, 1.807) is 0 Å². The number of hydrogen-bond acceptors (Lipinski definition) is 3. The average molecular weight is 342 g/mol. The molecule has 2 atom stereocenters. The molecule has 1 saturated carbocycles. The number of esters is 1. The van der Waals surface area contributed by atoms with Crippen LogP contribution in [0.3, 0.4) is 0 Å². The zero-order valence-corrected chi connectivity index (χ0v) is 14.4. The highest BCUT2D eigenvalue weighted by molar-refractivity contribution is 5.78. The maximum Gasteiger partial charge on any atom is 0.310 e. The minimum atomic E-state index is -1.43. The number of ether oxygens (including phenoxy) is 2. The number of methoxy groups -OCH3 is 1. The number of hydrogen-bond donors (Lipinski definition) is 0. The molecule has 1 aromatic rings. The molecular formula is C18H21F3O3. The molecule has 132 valence electrons. The van der Waals surface area contributed by atoms with Crippen LogP contribution in [0.4, 0.5) is 13.2 Å².